The first kappa shape index (κ1) is 20.0. The number of hydrogen-bond acceptors (Lipinski definition) is 7. The van der Waals surface area contributed by atoms with Gasteiger partial charge in [0.25, 0.3) is 5.69 Å². The van der Waals surface area contributed by atoms with Crippen LogP contribution in [0.2, 0.25) is 0 Å². The van der Waals surface area contributed by atoms with Crippen molar-refractivity contribution in [2.45, 2.75) is 11.8 Å². The van der Waals surface area contributed by atoms with Crippen LogP contribution in [-0.4, -0.2) is 44.5 Å². The van der Waals surface area contributed by atoms with Crippen LogP contribution < -0.4 is 14.9 Å². The van der Waals surface area contributed by atoms with Gasteiger partial charge < -0.3 is 9.80 Å². The summed E-state index contributed by atoms with van der Waals surface area (Å²) >= 11 is 0. The number of nitrogens with zero attached hydrogens (tertiary/aromatic N) is 4. The lowest BCUT2D eigenvalue weighted by Crippen LogP contribution is -2.46. The first-order chi connectivity index (χ1) is 14.2. The lowest BCUT2D eigenvalue weighted by atomic mass is 10.1. The topological polar surface area (TPSA) is 123 Å². The maximum absolute atomic E-state index is 11.4. The van der Waals surface area contributed by atoms with Crippen molar-refractivity contribution in [3.05, 3.63) is 64.3 Å². The second kappa shape index (κ2) is 7.54. The molecule has 2 aromatic carbocycles. The van der Waals surface area contributed by atoms with Crippen LogP contribution in [0.3, 0.4) is 0 Å². The molecule has 0 radical (unpaired) electrons. The Morgan fingerprint density at radius 3 is 2.27 bits per heavy atom. The number of aryl methyl sites for hydroxylation is 1. The number of non-ortho nitro benzene ring substituents is 1. The lowest BCUT2D eigenvalue weighted by molar-refractivity contribution is -0.383. The fraction of sp³-hybridized carbons (Fsp3) is 0.250. The van der Waals surface area contributed by atoms with Crippen LogP contribution in [0.4, 0.5) is 17.1 Å². The van der Waals surface area contributed by atoms with E-state index in [-0.39, 0.29) is 10.6 Å². The smallest absolute Gasteiger partial charge is 0.295 e. The maximum atomic E-state index is 11.4. The number of nitrogens with two attached hydrogens (primary N) is 1. The molecule has 0 spiro atoms. The predicted molar refractivity (Wildman–Crippen MR) is 115 cm³/mol. The molecule has 2 N–H and O–H groups in total. The number of pyridine rings is 1. The summed E-state index contributed by atoms with van der Waals surface area (Å²) in [6.45, 7) is 4.73. The van der Waals surface area contributed by atoms with Crippen molar-refractivity contribution in [2.75, 3.05) is 36.0 Å². The van der Waals surface area contributed by atoms with Crippen molar-refractivity contribution in [3.63, 3.8) is 0 Å². The first-order valence-corrected chi connectivity index (χ1v) is 11.0. The fourth-order valence-electron chi connectivity index (χ4n) is 3.80. The van der Waals surface area contributed by atoms with E-state index in [1.165, 1.54) is 18.2 Å². The summed E-state index contributed by atoms with van der Waals surface area (Å²) in [5, 5.41) is 17.3. The van der Waals surface area contributed by atoms with Crippen LogP contribution in [0, 0.1) is 17.0 Å². The second-order valence-electron chi connectivity index (χ2n) is 7.23. The molecule has 0 aliphatic carbocycles. The Bertz CT molecular complexity index is 1220. The number of benzene rings is 2. The number of para-hydroxylation sites is 1. The molecule has 4 rings (SSSR count). The highest BCUT2D eigenvalue weighted by molar-refractivity contribution is 7.89. The number of piperazine rings is 1. The summed E-state index contributed by atoms with van der Waals surface area (Å²) in [7, 11) is -3.71. The highest BCUT2D eigenvalue weighted by Crippen LogP contribution is 2.33. The van der Waals surface area contributed by atoms with E-state index in [1.807, 2.05) is 19.1 Å². The molecular formula is C20H21N5O4S. The summed E-state index contributed by atoms with van der Waals surface area (Å²) in [4.78, 5) is 19.9. The maximum Gasteiger partial charge on any atom is 0.295 e. The summed E-state index contributed by atoms with van der Waals surface area (Å²) in [6.07, 6.45) is 0. The molecule has 0 bridgehead atoms. The molecule has 0 saturated carbocycles. The van der Waals surface area contributed by atoms with Crippen molar-refractivity contribution in [3.8, 4) is 0 Å². The molecule has 1 aromatic heterocycles. The molecule has 3 aromatic rings. The van der Waals surface area contributed by atoms with Gasteiger partial charge in [-0.3, -0.25) is 10.1 Å². The van der Waals surface area contributed by atoms with E-state index in [2.05, 4.69) is 14.8 Å². The Labute approximate surface area is 173 Å². The zero-order chi connectivity index (χ0) is 21.5. The highest BCUT2D eigenvalue weighted by Gasteiger charge is 2.22. The van der Waals surface area contributed by atoms with E-state index >= 15 is 0 Å². The molecule has 156 valence electrons. The molecule has 9 nitrogen and oxygen atoms in total. The number of nitro benzene ring substituents is 1. The normalized spacial score (nSPS) is 14.9. The standard InChI is InChI=1S/C20H21N5O4S/c1-14-13-19(17-3-2-4-18(25(26)27)20(17)22-14)24-11-9-23(10-12-24)15-5-7-16(8-6-15)30(21,28)29/h2-8,13H,9-12H2,1H3,(H2,21,28,29). The SMILES string of the molecule is Cc1cc(N2CCN(c3ccc(S(N)(=O)=O)cc3)CC2)c2cccc([N+](=O)[O-])c2n1. The van der Waals surface area contributed by atoms with Crippen molar-refractivity contribution < 1.29 is 13.3 Å². The van der Waals surface area contributed by atoms with Crippen molar-refractivity contribution in [2.24, 2.45) is 5.14 Å². The van der Waals surface area contributed by atoms with Gasteiger partial charge in [0, 0.05) is 54.7 Å². The van der Waals surface area contributed by atoms with Crippen LogP contribution >= 0.6 is 0 Å². The Morgan fingerprint density at radius 2 is 1.67 bits per heavy atom. The lowest BCUT2D eigenvalue weighted by Gasteiger charge is -2.38. The van der Waals surface area contributed by atoms with Crippen molar-refractivity contribution in [1.29, 1.82) is 0 Å². The van der Waals surface area contributed by atoms with Gasteiger partial charge in [-0.25, -0.2) is 18.5 Å². The molecule has 10 heteroatoms. The number of sulfonamides is 1. The summed E-state index contributed by atoms with van der Waals surface area (Å²) in [5.74, 6) is 0. The zero-order valence-corrected chi connectivity index (χ0v) is 17.2. The first-order valence-electron chi connectivity index (χ1n) is 9.41. The van der Waals surface area contributed by atoms with Gasteiger partial charge in [-0.15, -0.1) is 0 Å². The summed E-state index contributed by atoms with van der Waals surface area (Å²) in [5.41, 5.74) is 3.00. The van der Waals surface area contributed by atoms with E-state index in [0.717, 1.165) is 48.6 Å². The Morgan fingerprint density at radius 1 is 1.03 bits per heavy atom. The number of primary sulfonamides is 1. The number of fused-ring (bicyclic) bond motifs is 1. The van der Waals surface area contributed by atoms with Crippen LogP contribution in [0.25, 0.3) is 10.9 Å². The average molecular weight is 427 g/mol. The van der Waals surface area contributed by atoms with Crippen LogP contribution in [0.15, 0.2) is 53.4 Å². The minimum absolute atomic E-state index is 0.00558. The van der Waals surface area contributed by atoms with E-state index < -0.39 is 14.9 Å². The van der Waals surface area contributed by atoms with Gasteiger partial charge in [-0.05, 0) is 37.3 Å². The summed E-state index contributed by atoms with van der Waals surface area (Å²) in [6, 6.07) is 13.5. The third kappa shape index (κ3) is 3.79. The third-order valence-corrected chi connectivity index (χ3v) is 6.20. The molecule has 0 atom stereocenters. The van der Waals surface area contributed by atoms with Gasteiger partial charge in [0.05, 0.1) is 9.82 Å². The molecule has 1 fully saturated rings. The molecule has 1 saturated heterocycles. The number of nitro groups is 1. The Hall–Kier alpha value is -3.24. The predicted octanol–water partition coefficient (Wildman–Crippen LogP) is 2.43. The van der Waals surface area contributed by atoms with E-state index in [4.69, 9.17) is 5.14 Å². The van der Waals surface area contributed by atoms with Gasteiger partial charge in [0.2, 0.25) is 10.0 Å². The quantitative estimate of drug-likeness (QED) is 0.501. The third-order valence-electron chi connectivity index (χ3n) is 5.27. The Kier molecular flexibility index (Phi) is 5.04. The molecule has 1 aliphatic rings. The number of anilines is 2. The molecular weight excluding hydrogens is 406 g/mol. The second-order valence-corrected chi connectivity index (χ2v) is 8.79. The van der Waals surface area contributed by atoms with Crippen molar-refractivity contribution >= 4 is 38.0 Å². The Balaban J connectivity index is 1.58. The van der Waals surface area contributed by atoms with Crippen molar-refractivity contribution in [1.82, 2.24) is 4.98 Å². The van der Waals surface area contributed by atoms with Gasteiger partial charge in [0.15, 0.2) is 5.52 Å². The highest BCUT2D eigenvalue weighted by atomic mass is 32.2. The summed E-state index contributed by atoms with van der Waals surface area (Å²) < 4.78 is 22.9. The largest absolute Gasteiger partial charge is 0.368 e. The number of rotatable bonds is 4. The van der Waals surface area contributed by atoms with Gasteiger partial charge >= 0.3 is 0 Å². The molecule has 0 amide bonds. The van der Waals surface area contributed by atoms with E-state index in [1.54, 1.807) is 18.2 Å². The number of aromatic nitrogens is 1. The van der Waals surface area contributed by atoms with Crippen LogP contribution in [-0.2, 0) is 10.0 Å². The van der Waals surface area contributed by atoms with E-state index in [0.29, 0.717) is 5.52 Å². The van der Waals surface area contributed by atoms with Crippen LogP contribution in [0.5, 0.6) is 0 Å². The minimum atomic E-state index is -3.71. The van der Waals surface area contributed by atoms with Gasteiger partial charge in [0.1, 0.15) is 0 Å². The van der Waals surface area contributed by atoms with E-state index in [9.17, 15) is 18.5 Å². The van der Waals surface area contributed by atoms with Gasteiger partial charge in [-0.2, -0.15) is 0 Å². The molecule has 2 heterocycles. The fourth-order valence-corrected chi connectivity index (χ4v) is 4.32. The molecule has 1 aliphatic heterocycles. The van der Waals surface area contributed by atoms with Crippen LogP contribution in [0.1, 0.15) is 5.69 Å². The minimum Gasteiger partial charge on any atom is -0.368 e. The molecule has 0 unspecified atom stereocenters. The number of hydrogen-bond donors (Lipinski definition) is 1. The monoisotopic (exact) mass is 427 g/mol. The molecule has 30 heavy (non-hydrogen) atoms. The average Bonchev–Trinajstić information content (AvgIpc) is 2.72. The zero-order valence-electron chi connectivity index (χ0n) is 16.4. The van der Waals surface area contributed by atoms with Gasteiger partial charge in [-0.1, -0.05) is 12.1 Å².